The molecule has 0 saturated heterocycles. The monoisotopic (exact) mass is 154 g/mol. The average molecular weight is 154 g/mol. The molecular weight excluding hydrogens is 140 g/mol. The average Bonchev–Trinajstić information content (AvgIpc) is 2.52. The lowest BCUT2D eigenvalue weighted by atomic mass is 10.2. The van der Waals surface area contributed by atoms with Crippen LogP contribution in [0.15, 0.2) is 6.20 Å². The molecule has 1 rings (SSSR count). The topological polar surface area (TPSA) is 53.6 Å². The number of rotatable bonds is 4. The Morgan fingerprint density at radius 2 is 2.55 bits per heavy atom. The second-order valence-corrected chi connectivity index (χ2v) is 2.57. The van der Waals surface area contributed by atoms with Crippen molar-refractivity contribution >= 4 is 0 Å². The minimum Gasteiger partial charge on any atom is -0.309 e. The zero-order chi connectivity index (χ0) is 8.10. The molecule has 0 aliphatic rings. The maximum atomic E-state index is 3.97. The van der Waals surface area contributed by atoms with E-state index in [-0.39, 0.29) is 0 Å². The van der Waals surface area contributed by atoms with Crippen LogP contribution in [0.2, 0.25) is 0 Å². The van der Waals surface area contributed by atoms with Crippen LogP contribution in [0.3, 0.4) is 0 Å². The molecule has 4 nitrogen and oxygen atoms in total. The Bertz CT molecular complexity index is 182. The first kappa shape index (κ1) is 8.20. The number of hydrogen-bond donors (Lipinski definition) is 2. The Balaban J connectivity index is 2.36. The molecule has 0 spiro atoms. The van der Waals surface area contributed by atoms with E-state index in [1.54, 1.807) is 6.20 Å². The van der Waals surface area contributed by atoms with Crippen LogP contribution >= 0.6 is 0 Å². The zero-order valence-electron chi connectivity index (χ0n) is 6.96. The van der Waals surface area contributed by atoms with Gasteiger partial charge in [-0.15, -0.1) is 0 Å². The van der Waals surface area contributed by atoms with Crippen LogP contribution in [0.1, 0.15) is 32.0 Å². The third-order valence-electron chi connectivity index (χ3n) is 1.58. The Kier molecular flexibility index (Phi) is 3.04. The standard InChI is InChI=1S/C7H14N4/c1-3-4-8-6(2)7-5-9-11-10-7/h5-6,8H,3-4H2,1-2H3,(H,9,10,11). The first-order valence-corrected chi connectivity index (χ1v) is 3.93. The fourth-order valence-electron chi connectivity index (χ4n) is 0.885. The summed E-state index contributed by atoms with van der Waals surface area (Å²) < 4.78 is 0. The Morgan fingerprint density at radius 3 is 3.09 bits per heavy atom. The van der Waals surface area contributed by atoms with E-state index in [0.717, 1.165) is 18.7 Å². The van der Waals surface area contributed by atoms with Gasteiger partial charge in [0.25, 0.3) is 0 Å². The summed E-state index contributed by atoms with van der Waals surface area (Å²) in [5, 5.41) is 13.6. The Hall–Kier alpha value is -0.900. The van der Waals surface area contributed by atoms with Gasteiger partial charge in [0.2, 0.25) is 0 Å². The van der Waals surface area contributed by atoms with Crippen molar-refractivity contribution in [2.75, 3.05) is 6.54 Å². The molecule has 0 amide bonds. The Morgan fingerprint density at radius 1 is 1.73 bits per heavy atom. The maximum Gasteiger partial charge on any atom is 0.0990 e. The van der Waals surface area contributed by atoms with Gasteiger partial charge in [-0.05, 0) is 19.9 Å². The normalized spacial score (nSPS) is 13.3. The lowest BCUT2D eigenvalue weighted by molar-refractivity contribution is 0.557. The Labute approximate surface area is 66.4 Å². The molecular formula is C7H14N4. The minimum atomic E-state index is 0.300. The molecule has 0 aliphatic heterocycles. The molecule has 1 unspecified atom stereocenters. The van der Waals surface area contributed by atoms with Crippen LogP contribution in [0.4, 0.5) is 0 Å². The van der Waals surface area contributed by atoms with E-state index in [2.05, 4.69) is 34.6 Å². The highest BCUT2D eigenvalue weighted by Gasteiger charge is 2.05. The highest BCUT2D eigenvalue weighted by molar-refractivity contribution is 4.97. The number of nitrogens with one attached hydrogen (secondary N) is 2. The zero-order valence-corrected chi connectivity index (χ0v) is 6.96. The van der Waals surface area contributed by atoms with Gasteiger partial charge in [-0.2, -0.15) is 15.4 Å². The van der Waals surface area contributed by atoms with Crippen LogP contribution in [-0.2, 0) is 0 Å². The van der Waals surface area contributed by atoms with Crippen molar-refractivity contribution in [1.29, 1.82) is 0 Å². The smallest absolute Gasteiger partial charge is 0.0990 e. The van der Waals surface area contributed by atoms with Gasteiger partial charge in [-0.1, -0.05) is 6.92 Å². The molecule has 0 bridgehead atoms. The van der Waals surface area contributed by atoms with E-state index < -0.39 is 0 Å². The van der Waals surface area contributed by atoms with Crippen molar-refractivity contribution in [3.8, 4) is 0 Å². The van der Waals surface area contributed by atoms with Crippen LogP contribution in [0, 0.1) is 0 Å². The first-order valence-electron chi connectivity index (χ1n) is 3.93. The third kappa shape index (κ3) is 2.31. The van der Waals surface area contributed by atoms with Gasteiger partial charge in [0.15, 0.2) is 0 Å². The maximum absolute atomic E-state index is 3.97. The van der Waals surface area contributed by atoms with Crippen molar-refractivity contribution in [3.05, 3.63) is 11.9 Å². The van der Waals surface area contributed by atoms with Gasteiger partial charge in [-0.3, -0.25) is 0 Å². The van der Waals surface area contributed by atoms with E-state index in [1.807, 2.05) is 0 Å². The highest BCUT2D eigenvalue weighted by atomic mass is 15.3. The number of nitrogens with zero attached hydrogens (tertiary/aromatic N) is 2. The fourth-order valence-corrected chi connectivity index (χ4v) is 0.885. The van der Waals surface area contributed by atoms with Crippen molar-refractivity contribution in [2.45, 2.75) is 26.3 Å². The SMILES string of the molecule is CCCNC(C)c1cn[nH]n1. The fraction of sp³-hybridized carbons (Fsp3) is 0.714. The van der Waals surface area contributed by atoms with E-state index in [4.69, 9.17) is 0 Å². The highest BCUT2D eigenvalue weighted by Crippen LogP contribution is 2.04. The van der Waals surface area contributed by atoms with Crippen LogP contribution in [0.25, 0.3) is 0 Å². The van der Waals surface area contributed by atoms with Gasteiger partial charge >= 0.3 is 0 Å². The molecule has 2 N–H and O–H groups in total. The van der Waals surface area contributed by atoms with E-state index in [1.165, 1.54) is 0 Å². The quantitative estimate of drug-likeness (QED) is 0.676. The molecule has 0 aromatic carbocycles. The molecule has 1 heterocycles. The van der Waals surface area contributed by atoms with E-state index in [9.17, 15) is 0 Å². The molecule has 1 aromatic rings. The van der Waals surface area contributed by atoms with Gasteiger partial charge in [0.1, 0.15) is 0 Å². The molecule has 0 fully saturated rings. The van der Waals surface area contributed by atoms with Crippen molar-refractivity contribution in [2.24, 2.45) is 0 Å². The summed E-state index contributed by atoms with van der Waals surface area (Å²) in [6.07, 6.45) is 2.88. The molecule has 0 aliphatic carbocycles. The lowest BCUT2D eigenvalue weighted by Crippen LogP contribution is -2.19. The van der Waals surface area contributed by atoms with Gasteiger partial charge in [0, 0.05) is 0 Å². The molecule has 0 saturated carbocycles. The summed E-state index contributed by atoms with van der Waals surface area (Å²) in [6, 6.07) is 0.300. The molecule has 62 valence electrons. The third-order valence-corrected chi connectivity index (χ3v) is 1.58. The van der Waals surface area contributed by atoms with Crippen molar-refractivity contribution < 1.29 is 0 Å². The summed E-state index contributed by atoms with van der Waals surface area (Å²) in [7, 11) is 0. The summed E-state index contributed by atoms with van der Waals surface area (Å²) in [5.41, 5.74) is 0.971. The first-order chi connectivity index (χ1) is 5.34. The van der Waals surface area contributed by atoms with Crippen molar-refractivity contribution in [3.63, 3.8) is 0 Å². The van der Waals surface area contributed by atoms with Gasteiger partial charge < -0.3 is 5.32 Å². The molecule has 4 heteroatoms. The van der Waals surface area contributed by atoms with Crippen molar-refractivity contribution in [1.82, 2.24) is 20.7 Å². The second-order valence-electron chi connectivity index (χ2n) is 2.57. The number of aromatic nitrogens is 3. The number of hydrogen-bond acceptors (Lipinski definition) is 3. The molecule has 11 heavy (non-hydrogen) atoms. The molecule has 1 aromatic heterocycles. The molecule has 0 radical (unpaired) electrons. The predicted octanol–water partition coefficient (Wildman–Crippen LogP) is 0.865. The van der Waals surface area contributed by atoms with Gasteiger partial charge in [-0.25, -0.2) is 0 Å². The minimum absolute atomic E-state index is 0.300. The largest absolute Gasteiger partial charge is 0.309 e. The van der Waals surface area contributed by atoms with E-state index >= 15 is 0 Å². The van der Waals surface area contributed by atoms with E-state index in [0.29, 0.717) is 6.04 Å². The van der Waals surface area contributed by atoms with Crippen LogP contribution < -0.4 is 5.32 Å². The predicted molar refractivity (Wildman–Crippen MR) is 43.1 cm³/mol. The summed E-state index contributed by atoms with van der Waals surface area (Å²) in [4.78, 5) is 0. The number of H-pyrrole nitrogens is 1. The summed E-state index contributed by atoms with van der Waals surface area (Å²) >= 11 is 0. The molecule has 1 atom stereocenters. The number of aromatic amines is 1. The van der Waals surface area contributed by atoms with Crippen LogP contribution in [-0.4, -0.2) is 22.0 Å². The lowest BCUT2D eigenvalue weighted by Gasteiger charge is -2.08. The van der Waals surface area contributed by atoms with Crippen LogP contribution in [0.5, 0.6) is 0 Å². The van der Waals surface area contributed by atoms with Gasteiger partial charge in [0.05, 0.1) is 17.9 Å². The summed E-state index contributed by atoms with van der Waals surface area (Å²) in [5.74, 6) is 0. The summed E-state index contributed by atoms with van der Waals surface area (Å²) in [6.45, 7) is 5.24. The second kappa shape index (κ2) is 4.08.